The van der Waals surface area contributed by atoms with Crippen LogP contribution in [0.5, 0.6) is 0 Å². The van der Waals surface area contributed by atoms with Crippen molar-refractivity contribution in [1.29, 1.82) is 0 Å². The van der Waals surface area contributed by atoms with E-state index in [1.807, 2.05) is 0 Å². The van der Waals surface area contributed by atoms with Gasteiger partial charge >= 0.3 is 73.9 Å². The Balaban J connectivity index is -0.000000129. The van der Waals surface area contributed by atoms with Gasteiger partial charge in [0.25, 0.3) is 0 Å². The zero-order valence-electron chi connectivity index (χ0n) is 11.7. The SMILES string of the molecule is [C-]#[O+].[C-]#[O+].[C-]#[O+].[C-]#[O+].[C-]#[O+].[Cr+5].[SH+]=C1C2CC3CC(C2)CC1C3. The van der Waals surface area contributed by atoms with Gasteiger partial charge in [0, 0.05) is 11.8 Å². The van der Waals surface area contributed by atoms with Crippen molar-refractivity contribution in [2.75, 3.05) is 0 Å². The van der Waals surface area contributed by atoms with Crippen LogP contribution in [0.2, 0.25) is 0 Å². The maximum atomic E-state index is 7.50. The Kier molecular flexibility index (Phi) is 27.1. The molecule has 0 spiro atoms. The van der Waals surface area contributed by atoms with Crippen LogP contribution < -0.4 is 0 Å². The average molecular weight is 359 g/mol. The average Bonchev–Trinajstić information content (AvgIpc) is 2.61. The second-order valence-corrected chi connectivity index (χ2v) is 5.25. The third kappa shape index (κ3) is 8.69. The number of hydrogen-bond acceptors (Lipinski definition) is 0. The first-order valence-electron chi connectivity index (χ1n) is 5.90. The quantitative estimate of drug-likeness (QED) is 0.272. The molecule has 5 nitrogen and oxygen atoms in total. The fourth-order valence-electron chi connectivity index (χ4n) is 3.67. The molecule has 0 N–H and O–H groups in total. The molecule has 111 valence electrons. The maximum Gasteiger partial charge on any atom is 5.00 e. The Morgan fingerprint density at radius 1 is 0.591 bits per heavy atom. The molecule has 22 heavy (non-hydrogen) atoms. The van der Waals surface area contributed by atoms with Crippen molar-refractivity contribution in [2.24, 2.45) is 23.7 Å². The van der Waals surface area contributed by atoms with Gasteiger partial charge in [-0.2, -0.15) is 0 Å². The molecule has 4 rings (SSSR count). The van der Waals surface area contributed by atoms with Crippen LogP contribution in [0.15, 0.2) is 0 Å². The summed E-state index contributed by atoms with van der Waals surface area (Å²) in [6, 6.07) is 0. The van der Waals surface area contributed by atoms with Crippen LogP contribution in [-0.4, -0.2) is 4.86 Å². The second-order valence-electron chi connectivity index (χ2n) is 4.73. The van der Waals surface area contributed by atoms with Gasteiger partial charge in [0.1, 0.15) is 0 Å². The molecular formula is C15H15CrO5S+6. The largest absolute Gasteiger partial charge is 5.00 e. The molecule has 0 heterocycles. The normalized spacial score (nSPS) is 27.3. The number of thiol groups is 1. The van der Waals surface area contributed by atoms with Gasteiger partial charge in [0.05, 0.1) is 0 Å². The van der Waals surface area contributed by atoms with E-state index in [0.29, 0.717) is 0 Å². The molecule has 0 aromatic rings. The molecule has 0 aromatic carbocycles. The summed E-state index contributed by atoms with van der Waals surface area (Å²) in [5.41, 5.74) is 0. The van der Waals surface area contributed by atoms with Crippen LogP contribution in [0.3, 0.4) is 0 Å². The van der Waals surface area contributed by atoms with Crippen molar-refractivity contribution >= 4 is 17.1 Å². The molecule has 4 fully saturated rings. The summed E-state index contributed by atoms with van der Waals surface area (Å²) in [4.78, 5) is 1.57. The van der Waals surface area contributed by atoms with Crippen LogP contribution in [0.1, 0.15) is 32.1 Å². The van der Waals surface area contributed by atoms with E-state index < -0.39 is 0 Å². The van der Waals surface area contributed by atoms with Crippen LogP contribution in [0.25, 0.3) is 0 Å². The first-order valence-corrected chi connectivity index (χ1v) is 6.35. The minimum atomic E-state index is 0. The molecule has 0 aromatic heterocycles. The standard InChI is InChI=1S/C10H14S.5CO.Cr/c11-10-8-2-6-1-7(4-8)5-9(10)3-6;5*1-2;/h6-9H,1-5H2;;;;;;/q;;;;;;+5/p+1. The van der Waals surface area contributed by atoms with Crippen molar-refractivity contribution in [2.45, 2.75) is 32.1 Å². The summed E-state index contributed by atoms with van der Waals surface area (Å²) < 4.78 is 37.5. The van der Waals surface area contributed by atoms with Crippen LogP contribution in [-0.2, 0) is 52.8 Å². The fraction of sp³-hybridized carbons (Fsp3) is 0.600. The van der Waals surface area contributed by atoms with Gasteiger partial charge in [-0.3, -0.25) is 0 Å². The minimum Gasteiger partial charge on any atom is -0.0475 e. The smallest absolute Gasteiger partial charge is 0.0475 e. The third-order valence-corrected chi connectivity index (χ3v) is 4.70. The molecule has 0 atom stereocenters. The maximum absolute atomic E-state index is 7.50. The zero-order valence-corrected chi connectivity index (χ0v) is 13.9. The Hall–Kier alpha value is -0.678. The zero-order chi connectivity index (χ0) is 17.4. The Morgan fingerprint density at radius 2 is 0.818 bits per heavy atom. The predicted octanol–water partition coefficient (Wildman–Crippen LogP) is 1.70. The Morgan fingerprint density at radius 3 is 1.05 bits per heavy atom. The second kappa shape index (κ2) is 20.3. The summed E-state index contributed by atoms with van der Waals surface area (Å²) in [7, 11) is 0. The predicted molar refractivity (Wildman–Crippen MR) is 70.5 cm³/mol. The molecule has 1 radical (unpaired) electrons. The van der Waals surface area contributed by atoms with E-state index >= 15 is 0 Å². The van der Waals surface area contributed by atoms with Gasteiger partial charge in [-0.15, -0.1) is 0 Å². The van der Waals surface area contributed by atoms with Crippen molar-refractivity contribution in [1.82, 2.24) is 0 Å². The van der Waals surface area contributed by atoms with Crippen molar-refractivity contribution < 1.29 is 40.6 Å². The van der Waals surface area contributed by atoms with Gasteiger partial charge in [0.15, 0.2) is 17.1 Å². The van der Waals surface area contributed by atoms with Gasteiger partial charge in [-0.25, -0.2) is 0 Å². The van der Waals surface area contributed by atoms with Gasteiger partial charge in [-0.05, 0) is 43.9 Å². The monoisotopic (exact) mass is 359 g/mol. The molecule has 4 aliphatic carbocycles. The van der Waals surface area contributed by atoms with Gasteiger partial charge in [-0.1, -0.05) is 0 Å². The van der Waals surface area contributed by atoms with E-state index in [0.717, 1.165) is 23.7 Å². The third-order valence-electron chi connectivity index (χ3n) is 3.97. The van der Waals surface area contributed by atoms with Crippen LogP contribution in [0.4, 0.5) is 0 Å². The number of rotatable bonds is 0. The molecule has 4 saturated carbocycles. The summed E-state index contributed by atoms with van der Waals surface area (Å²) in [5.74, 6) is 4.03. The molecule has 0 aliphatic heterocycles. The molecule has 0 amide bonds. The van der Waals surface area contributed by atoms with Crippen molar-refractivity contribution in [3.05, 3.63) is 33.3 Å². The van der Waals surface area contributed by atoms with Crippen LogP contribution in [0, 0.1) is 56.9 Å². The topological polar surface area (TPSA) is 99.5 Å². The summed E-state index contributed by atoms with van der Waals surface area (Å²) >= 11 is 4.66. The first-order chi connectivity index (χ1) is 10.3. The van der Waals surface area contributed by atoms with Crippen molar-refractivity contribution in [3.8, 4) is 0 Å². The number of hydrogen-bond donors (Lipinski definition) is 0. The van der Waals surface area contributed by atoms with E-state index in [1.54, 1.807) is 11.3 Å². The molecule has 4 bridgehead atoms. The van der Waals surface area contributed by atoms with E-state index in [-0.39, 0.29) is 17.4 Å². The Bertz CT molecular complexity index is 332. The molecule has 0 unspecified atom stereocenters. The van der Waals surface area contributed by atoms with E-state index in [2.05, 4.69) is 45.5 Å². The molecular weight excluding hydrogens is 344 g/mol. The molecule has 0 saturated heterocycles. The van der Waals surface area contributed by atoms with E-state index in [9.17, 15) is 0 Å². The molecule has 7 heteroatoms. The van der Waals surface area contributed by atoms with Crippen molar-refractivity contribution in [3.63, 3.8) is 0 Å². The van der Waals surface area contributed by atoms with Crippen LogP contribution >= 0.6 is 0 Å². The molecule has 4 aliphatic rings. The fourth-order valence-corrected chi connectivity index (χ4v) is 4.09. The first kappa shape index (κ1) is 29.3. The summed E-state index contributed by atoms with van der Waals surface area (Å²) in [6.45, 7) is 22.5. The Labute approximate surface area is 146 Å². The summed E-state index contributed by atoms with van der Waals surface area (Å²) in [6.07, 6.45) is 7.46. The van der Waals surface area contributed by atoms with E-state index in [4.69, 9.17) is 23.3 Å². The van der Waals surface area contributed by atoms with E-state index in [1.165, 1.54) is 25.7 Å². The summed E-state index contributed by atoms with van der Waals surface area (Å²) in [5, 5.41) is 0. The minimum absolute atomic E-state index is 0. The van der Waals surface area contributed by atoms with Gasteiger partial charge in [0.2, 0.25) is 0 Å². The van der Waals surface area contributed by atoms with Gasteiger partial charge < -0.3 is 0 Å².